The molecule has 0 bridgehead atoms. The first-order chi connectivity index (χ1) is 13.9. The number of non-ortho nitro benzene ring substituents is 1. The zero-order valence-corrected chi connectivity index (χ0v) is 16.9. The van der Waals surface area contributed by atoms with Crippen molar-refractivity contribution in [2.45, 2.75) is 77.2 Å². The molecule has 2 aliphatic rings. The number of hydrogen-bond donors (Lipinski definition) is 0. The van der Waals surface area contributed by atoms with Crippen molar-refractivity contribution in [2.75, 3.05) is 0 Å². The fourth-order valence-corrected chi connectivity index (χ4v) is 4.23. The maximum Gasteiger partial charge on any atom is 0.411 e. The Balaban J connectivity index is 1.68. The molecule has 1 aliphatic carbocycles. The predicted molar refractivity (Wildman–Crippen MR) is 105 cm³/mol. The van der Waals surface area contributed by atoms with Gasteiger partial charge in [0.2, 0.25) is 0 Å². The number of ether oxygens (including phenoxy) is 2. The second-order valence-corrected chi connectivity index (χ2v) is 7.90. The fraction of sp³-hybridized carbons (Fsp3) is 0.619. The molecule has 2 fully saturated rings. The molecule has 1 aromatic rings. The molecule has 8 heteroatoms. The molecule has 1 heterocycles. The number of nitrogens with zero attached hydrogens (tertiary/aromatic N) is 2. The van der Waals surface area contributed by atoms with Crippen LogP contribution >= 0.6 is 0 Å². The molecular weight excluding hydrogens is 376 g/mol. The van der Waals surface area contributed by atoms with Crippen molar-refractivity contribution in [1.29, 1.82) is 0 Å². The molecule has 0 aromatic heterocycles. The van der Waals surface area contributed by atoms with Crippen molar-refractivity contribution in [3.05, 3.63) is 39.9 Å². The Morgan fingerprint density at radius 3 is 2.59 bits per heavy atom. The average Bonchev–Trinajstić information content (AvgIpc) is 3.12. The number of fused-ring (bicyclic) bond motifs is 1. The van der Waals surface area contributed by atoms with Gasteiger partial charge in [-0.15, -0.1) is 0 Å². The summed E-state index contributed by atoms with van der Waals surface area (Å²) < 4.78 is 11.0. The van der Waals surface area contributed by atoms with E-state index in [0.717, 1.165) is 32.1 Å². The summed E-state index contributed by atoms with van der Waals surface area (Å²) in [6.07, 6.45) is 4.63. The minimum atomic E-state index is -0.610. The van der Waals surface area contributed by atoms with E-state index in [0.29, 0.717) is 17.9 Å². The zero-order valence-electron chi connectivity index (χ0n) is 16.9. The van der Waals surface area contributed by atoms with E-state index >= 15 is 0 Å². The van der Waals surface area contributed by atoms with E-state index in [1.807, 2.05) is 13.8 Å². The number of carbonyl (C=O) groups is 2. The van der Waals surface area contributed by atoms with Gasteiger partial charge in [-0.05, 0) is 56.2 Å². The largest absolute Gasteiger partial charge is 0.461 e. The third-order valence-electron chi connectivity index (χ3n) is 5.97. The summed E-state index contributed by atoms with van der Waals surface area (Å²) in [5.74, 6) is -0.0637. The Hall–Kier alpha value is -2.64. The van der Waals surface area contributed by atoms with Crippen molar-refractivity contribution in [2.24, 2.45) is 5.92 Å². The molecule has 1 amide bonds. The Morgan fingerprint density at radius 1 is 1.24 bits per heavy atom. The number of benzene rings is 1. The number of esters is 1. The fourth-order valence-electron chi connectivity index (χ4n) is 4.23. The molecule has 8 nitrogen and oxygen atoms in total. The Kier molecular flexibility index (Phi) is 6.71. The highest BCUT2D eigenvalue weighted by Gasteiger charge is 2.49. The monoisotopic (exact) mass is 404 g/mol. The van der Waals surface area contributed by atoms with Crippen LogP contribution in [0.2, 0.25) is 0 Å². The van der Waals surface area contributed by atoms with Crippen molar-refractivity contribution in [3.8, 4) is 0 Å². The molecule has 1 aliphatic heterocycles. The van der Waals surface area contributed by atoms with Crippen LogP contribution in [0.5, 0.6) is 0 Å². The summed E-state index contributed by atoms with van der Waals surface area (Å²) in [5.41, 5.74) is 0.639. The van der Waals surface area contributed by atoms with Crippen molar-refractivity contribution < 1.29 is 24.0 Å². The van der Waals surface area contributed by atoms with Crippen LogP contribution in [0.1, 0.15) is 57.9 Å². The van der Waals surface area contributed by atoms with E-state index in [9.17, 15) is 19.7 Å². The van der Waals surface area contributed by atoms with E-state index in [4.69, 9.17) is 9.47 Å². The third-order valence-corrected chi connectivity index (χ3v) is 5.97. The summed E-state index contributed by atoms with van der Waals surface area (Å²) in [6.45, 7) is 3.79. The van der Waals surface area contributed by atoms with Crippen molar-refractivity contribution in [3.63, 3.8) is 0 Å². The van der Waals surface area contributed by atoms with Gasteiger partial charge in [-0.3, -0.25) is 15.0 Å². The van der Waals surface area contributed by atoms with Crippen molar-refractivity contribution >= 4 is 17.7 Å². The van der Waals surface area contributed by atoms with E-state index in [1.165, 1.54) is 12.1 Å². The minimum Gasteiger partial charge on any atom is -0.461 e. The maximum atomic E-state index is 12.9. The molecule has 29 heavy (non-hydrogen) atoms. The Labute approximate surface area is 170 Å². The number of nitro groups is 1. The second-order valence-electron chi connectivity index (χ2n) is 7.90. The molecular formula is C21H28N2O6. The van der Waals surface area contributed by atoms with Gasteiger partial charge < -0.3 is 9.47 Å². The summed E-state index contributed by atoms with van der Waals surface area (Å²) in [6, 6.07) is 5.27. The lowest BCUT2D eigenvalue weighted by atomic mass is 9.85. The second kappa shape index (κ2) is 9.24. The molecule has 0 N–H and O–H groups in total. The van der Waals surface area contributed by atoms with Crippen LogP contribution < -0.4 is 0 Å². The van der Waals surface area contributed by atoms with E-state index < -0.39 is 17.1 Å². The first-order valence-electron chi connectivity index (χ1n) is 10.3. The average molecular weight is 404 g/mol. The smallest absolute Gasteiger partial charge is 0.411 e. The number of amides is 1. The van der Waals surface area contributed by atoms with Gasteiger partial charge in [0, 0.05) is 18.2 Å². The quantitative estimate of drug-likeness (QED) is 0.400. The lowest BCUT2D eigenvalue weighted by molar-refractivity contribution is -0.384. The molecule has 0 spiro atoms. The minimum absolute atomic E-state index is 0.00214. The number of hydrogen-bond acceptors (Lipinski definition) is 6. The van der Waals surface area contributed by atoms with Crippen LogP contribution in [0.4, 0.5) is 10.5 Å². The third kappa shape index (κ3) is 4.86. The van der Waals surface area contributed by atoms with E-state index in [2.05, 4.69) is 0 Å². The van der Waals surface area contributed by atoms with Gasteiger partial charge in [0.1, 0.15) is 12.6 Å². The highest BCUT2D eigenvalue weighted by Crippen LogP contribution is 2.40. The highest BCUT2D eigenvalue weighted by molar-refractivity contribution is 5.82. The molecule has 1 aromatic carbocycles. The number of nitro benzene ring substituents is 1. The molecule has 1 saturated heterocycles. The number of rotatable bonds is 6. The number of likely N-dealkylation sites (tertiary alicyclic amines) is 1. The molecule has 1 saturated carbocycles. The summed E-state index contributed by atoms with van der Waals surface area (Å²) in [5, 5.41) is 10.8. The maximum absolute atomic E-state index is 12.9. The lowest BCUT2D eigenvalue weighted by Gasteiger charge is -2.32. The van der Waals surface area contributed by atoms with Crippen LogP contribution in [-0.4, -0.2) is 40.1 Å². The summed E-state index contributed by atoms with van der Waals surface area (Å²) in [4.78, 5) is 37.5. The molecule has 4 unspecified atom stereocenters. The number of carbonyl (C=O) groups excluding carboxylic acids is 2. The molecule has 3 rings (SSSR count). The van der Waals surface area contributed by atoms with Gasteiger partial charge in [0.05, 0.1) is 11.0 Å². The zero-order chi connectivity index (χ0) is 21.0. The first-order valence-corrected chi connectivity index (χ1v) is 10.3. The van der Waals surface area contributed by atoms with Crippen LogP contribution in [-0.2, 0) is 20.9 Å². The lowest BCUT2D eigenvalue weighted by Crippen LogP contribution is -2.47. The highest BCUT2D eigenvalue weighted by atomic mass is 16.6. The van der Waals surface area contributed by atoms with Crippen LogP contribution in [0.15, 0.2) is 24.3 Å². The molecule has 0 radical (unpaired) electrons. The first kappa shape index (κ1) is 21.1. The molecule has 4 atom stereocenters. The van der Waals surface area contributed by atoms with E-state index in [1.54, 1.807) is 17.0 Å². The van der Waals surface area contributed by atoms with Crippen LogP contribution in [0, 0.1) is 16.0 Å². The van der Waals surface area contributed by atoms with Crippen LogP contribution in [0.3, 0.4) is 0 Å². The Morgan fingerprint density at radius 2 is 1.93 bits per heavy atom. The Bertz CT molecular complexity index is 750. The van der Waals surface area contributed by atoms with Gasteiger partial charge in [-0.2, -0.15) is 0 Å². The van der Waals surface area contributed by atoms with Gasteiger partial charge in [-0.25, -0.2) is 9.59 Å². The SMILES string of the molecule is CCC(C)OC(=O)C1CC2CCCCC2N1C(=O)OCc1ccc([N+](=O)[O-])cc1. The summed E-state index contributed by atoms with van der Waals surface area (Å²) >= 11 is 0. The van der Waals surface area contributed by atoms with Crippen molar-refractivity contribution in [1.82, 2.24) is 4.90 Å². The van der Waals surface area contributed by atoms with Gasteiger partial charge >= 0.3 is 12.1 Å². The normalized spacial score (nSPS) is 24.5. The van der Waals surface area contributed by atoms with E-state index in [-0.39, 0.29) is 30.4 Å². The van der Waals surface area contributed by atoms with Gasteiger partial charge in [0.15, 0.2) is 0 Å². The topological polar surface area (TPSA) is 99.0 Å². The van der Waals surface area contributed by atoms with Crippen LogP contribution in [0.25, 0.3) is 0 Å². The van der Waals surface area contributed by atoms with Gasteiger partial charge in [0.25, 0.3) is 5.69 Å². The van der Waals surface area contributed by atoms with Gasteiger partial charge in [-0.1, -0.05) is 19.8 Å². The predicted octanol–water partition coefficient (Wildman–Crippen LogP) is 4.21. The summed E-state index contributed by atoms with van der Waals surface area (Å²) in [7, 11) is 0. The standard InChI is InChI=1S/C21H28N2O6/c1-3-14(2)29-20(24)19-12-16-6-4-5-7-18(16)22(19)21(25)28-13-15-8-10-17(11-9-15)23(26)27/h8-11,14,16,18-19H,3-7,12-13H2,1-2H3. The molecule has 158 valence electrons.